The van der Waals surface area contributed by atoms with Crippen molar-refractivity contribution < 1.29 is 28.8 Å². The van der Waals surface area contributed by atoms with Crippen LogP contribution in [0.15, 0.2) is 48.5 Å². The van der Waals surface area contributed by atoms with Crippen LogP contribution in [0.2, 0.25) is 16.1 Å². The van der Waals surface area contributed by atoms with Gasteiger partial charge < -0.3 is 14.6 Å². The average molecular weight is 711 g/mol. The molecular formula is C32H43Cl2N4O6SSi. The minimum atomic E-state index is -2.27. The van der Waals surface area contributed by atoms with Crippen LogP contribution in [0.3, 0.4) is 0 Å². The molecule has 1 aliphatic rings. The third-order valence-electron chi connectivity index (χ3n) is 7.86. The van der Waals surface area contributed by atoms with Crippen LogP contribution in [0.25, 0.3) is 0 Å². The fourth-order valence-corrected chi connectivity index (χ4v) is 8.21. The number of hydrogen-bond donors (Lipinski definition) is 2. The van der Waals surface area contributed by atoms with Crippen molar-refractivity contribution in [2.75, 3.05) is 27.7 Å². The smallest absolute Gasteiger partial charge is 0.417 e. The molecule has 1 radical (unpaired) electrons. The zero-order valence-corrected chi connectivity index (χ0v) is 29.9. The minimum absolute atomic E-state index is 0.0274. The van der Waals surface area contributed by atoms with E-state index in [0.717, 1.165) is 53.8 Å². The van der Waals surface area contributed by atoms with Crippen LogP contribution in [0.4, 0.5) is 9.59 Å². The van der Waals surface area contributed by atoms with Crippen molar-refractivity contribution in [1.29, 1.82) is 0 Å². The third-order valence-corrected chi connectivity index (χ3v) is 11.5. The number of ether oxygens (including phenoxy) is 1. The van der Waals surface area contributed by atoms with Crippen LogP contribution in [0, 0.1) is 5.92 Å². The number of carbonyl (C=O) groups is 4. The maximum Gasteiger partial charge on any atom is 0.417 e. The van der Waals surface area contributed by atoms with Crippen molar-refractivity contribution in [3.05, 3.63) is 69.7 Å². The van der Waals surface area contributed by atoms with Gasteiger partial charge >= 0.3 is 6.09 Å². The summed E-state index contributed by atoms with van der Waals surface area (Å²) in [6, 6.07) is 14.7. The van der Waals surface area contributed by atoms with E-state index in [1.165, 1.54) is 20.6 Å². The SMILES string of the molecule is CON(C)C(=O)[Si](CCC(=O)N(C)CCc1ccc(Cl)cc1)NC(=O)[C@H](CC1CCCCC1)SNC(=O)OCc1cccc(Cl)c1. The summed E-state index contributed by atoms with van der Waals surface area (Å²) in [6.07, 6.45) is 5.98. The highest BCUT2D eigenvalue weighted by Crippen LogP contribution is 2.30. The lowest BCUT2D eigenvalue weighted by Gasteiger charge is -2.27. The van der Waals surface area contributed by atoms with Gasteiger partial charge in [-0.15, -0.1) is 0 Å². The van der Waals surface area contributed by atoms with E-state index in [0.29, 0.717) is 35.3 Å². The molecular weight excluding hydrogens is 667 g/mol. The van der Waals surface area contributed by atoms with Gasteiger partial charge in [-0.05, 0) is 72.1 Å². The highest BCUT2D eigenvalue weighted by molar-refractivity contribution is 7.99. The summed E-state index contributed by atoms with van der Waals surface area (Å²) >= 11 is 13.0. The number of amides is 4. The Bertz CT molecular complexity index is 1300. The molecule has 1 saturated carbocycles. The molecule has 1 fully saturated rings. The van der Waals surface area contributed by atoms with Crippen LogP contribution in [-0.2, 0) is 32.2 Å². The molecule has 2 aromatic rings. The molecule has 0 bridgehead atoms. The lowest BCUT2D eigenvalue weighted by Crippen LogP contribution is -2.53. The molecule has 0 heterocycles. The van der Waals surface area contributed by atoms with Crippen molar-refractivity contribution in [2.45, 2.75) is 69.3 Å². The van der Waals surface area contributed by atoms with Gasteiger partial charge in [0.15, 0.2) is 0 Å². The summed E-state index contributed by atoms with van der Waals surface area (Å²) in [5, 5.41) is 1.62. The number of halogens is 2. The quantitative estimate of drug-likeness (QED) is 0.115. The van der Waals surface area contributed by atoms with E-state index in [1.54, 1.807) is 36.2 Å². The van der Waals surface area contributed by atoms with E-state index in [-0.39, 0.29) is 36.4 Å². The lowest BCUT2D eigenvalue weighted by atomic mass is 9.86. The monoisotopic (exact) mass is 709 g/mol. The molecule has 0 spiro atoms. The molecule has 2 aromatic carbocycles. The number of nitrogens with zero attached hydrogens (tertiary/aromatic N) is 2. The van der Waals surface area contributed by atoms with Gasteiger partial charge in [-0.2, -0.15) is 0 Å². The van der Waals surface area contributed by atoms with Gasteiger partial charge in [0.25, 0.3) is 8.96 Å². The van der Waals surface area contributed by atoms with Gasteiger partial charge in [0, 0.05) is 37.1 Å². The third kappa shape index (κ3) is 13.1. The van der Waals surface area contributed by atoms with Gasteiger partial charge in [0.05, 0.1) is 7.11 Å². The second-order valence-electron chi connectivity index (χ2n) is 11.3. The molecule has 1 aliphatic carbocycles. The van der Waals surface area contributed by atoms with Gasteiger partial charge in [-0.3, -0.25) is 23.9 Å². The van der Waals surface area contributed by atoms with Crippen LogP contribution >= 0.6 is 35.1 Å². The predicted octanol–water partition coefficient (Wildman–Crippen LogP) is 6.60. The fraction of sp³-hybridized carbons (Fsp3) is 0.500. The number of hydrogen-bond acceptors (Lipinski definition) is 7. The first-order valence-electron chi connectivity index (χ1n) is 15.4. The molecule has 3 rings (SSSR count). The highest BCUT2D eigenvalue weighted by atomic mass is 35.5. The number of benzene rings is 2. The van der Waals surface area contributed by atoms with Gasteiger partial charge in [-0.25, -0.2) is 9.86 Å². The molecule has 14 heteroatoms. The van der Waals surface area contributed by atoms with Gasteiger partial charge in [0.2, 0.25) is 17.3 Å². The van der Waals surface area contributed by atoms with E-state index >= 15 is 0 Å². The zero-order valence-electron chi connectivity index (χ0n) is 26.6. The predicted molar refractivity (Wildman–Crippen MR) is 184 cm³/mol. The minimum Gasteiger partial charge on any atom is -0.444 e. The number of likely N-dealkylation sites (N-methyl/N-ethyl adjacent to an activating group) is 1. The molecule has 2 N–H and O–H groups in total. The van der Waals surface area contributed by atoms with E-state index < -0.39 is 20.3 Å². The topological polar surface area (TPSA) is 117 Å². The summed E-state index contributed by atoms with van der Waals surface area (Å²) in [6.45, 7) is 0.527. The van der Waals surface area contributed by atoms with Crippen molar-refractivity contribution in [3.8, 4) is 0 Å². The van der Waals surface area contributed by atoms with E-state index in [4.69, 9.17) is 32.8 Å². The van der Waals surface area contributed by atoms with Gasteiger partial charge in [-0.1, -0.05) is 79.6 Å². The molecule has 251 valence electrons. The summed E-state index contributed by atoms with van der Waals surface area (Å²) < 4.78 is 7.98. The van der Waals surface area contributed by atoms with Crippen LogP contribution < -0.4 is 9.70 Å². The lowest BCUT2D eigenvalue weighted by molar-refractivity contribution is -0.129. The molecule has 1 atom stereocenters. The highest BCUT2D eigenvalue weighted by Gasteiger charge is 2.33. The van der Waals surface area contributed by atoms with Crippen molar-refractivity contribution in [1.82, 2.24) is 19.7 Å². The largest absolute Gasteiger partial charge is 0.444 e. The normalized spacial score (nSPS) is 14.0. The van der Waals surface area contributed by atoms with Crippen LogP contribution in [0.5, 0.6) is 0 Å². The van der Waals surface area contributed by atoms with Crippen LogP contribution in [0.1, 0.15) is 56.1 Å². The Morgan fingerprint density at radius 2 is 1.72 bits per heavy atom. The second-order valence-corrected chi connectivity index (χ2v) is 15.3. The Labute approximate surface area is 287 Å². The summed E-state index contributed by atoms with van der Waals surface area (Å²) in [5.41, 5.74) is 1.41. The maximum absolute atomic E-state index is 13.7. The Hall–Kier alpha value is -2.77. The standard InChI is InChI=1S/C32H43Cl2N4O6SSi/c1-37(18-16-23-12-14-26(33)15-13-23)29(39)17-19-46(32(42)38(2)43-3)36-30(40)28(21-24-8-5-4-6-9-24)45-35-31(41)44-22-25-10-7-11-27(34)20-25/h7,10-15,20,24,28H,4-6,8-9,16-19,21-22H2,1-3H3,(H,35,41)(H,36,40)/t28-/m0/s1. The summed E-state index contributed by atoms with van der Waals surface area (Å²) in [5.74, 6) is -0.165. The second kappa shape index (κ2) is 19.8. The average Bonchev–Trinajstić information content (AvgIpc) is 3.06. The Morgan fingerprint density at radius 3 is 2.39 bits per heavy atom. The zero-order chi connectivity index (χ0) is 33.5. The number of carbonyl (C=O) groups excluding carboxylic acids is 4. The maximum atomic E-state index is 13.7. The van der Waals surface area contributed by atoms with Gasteiger partial charge in [0.1, 0.15) is 11.9 Å². The van der Waals surface area contributed by atoms with E-state index in [2.05, 4.69) is 9.70 Å². The summed E-state index contributed by atoms with van der Waals surface area (Å²) in [7, 11) is 2.30. The molecule has 0 unspecified atom stereocenters. The fourth-order valence-electron chi connectivity index (χ4n) is 5.08. The number of hydroxylamine groups is 2. The number of nitrogens with one attached hydrogen (secondary N) is 2. The first kappa shape index (κ1) is 37.7. The molecule has 10 nitrogen and oxygen atoms in total. The first-order valence-corrected chi connectivity index (χ1v) is 18.7. The Morgan fingerprint density at radius 1 is 1.00 bits per heavy atom. The van der Waals surface area contributed by atoms with Crippen LogP contribution in [-0.4, -0.2) is 75.4 Å². The molecule has 0 aliphatic heterocycles. The molecule has 46 heavy (non-hydrogen) atoms. The van der Waals surface area contributed by atoms with Crippen molar-refractivity contribution in [2.24, 2.45) is 5.92 Å². The molecule has 0 saturated heterocycles. The van der Waals surface area contributed by atoms with Crippen molar-refractivity contribution >= 4 is 67.5 Å². The molecule has 4 amide bonds. The Kier molecular flexibility index (Phi) is 16.2. The molecule has 0 aromatic heterocycles. The van der Waals surface area contributed by atoms with E-state index in [9.17, 15) is 19.2 Å². The summed E-state index contributed by atoms with van der Waals surface area (Å²) in [4.78, 5) is 62.2. The number of rotatable bonds is 16. The first-order chi connectivity index (χ1) is 22.0. The van der Waals surface area contributed by atoms with E-state index in [1.807, 2.05) is 24.3 Å². The van der Waals surface area contributed by atoms with Crippen molar-refractivity contribution in [3.63, 3.8) is 0 Å². The Balaban J connectivity index is 1.61.